The maximum absolute atomic E-state index is 12.4. The fourth-order valence-corrected chi connectivity index (χ4v) is 3.07. The van der Waals surface area contributed by atoms with Crippen molar-refractivity contribution in [2.24, 2.45) is 5.73 Å². The lowest BCUT2D eigenvalue weighted by molar-refractivity contribution is -0.146. The summed E-state index contributed by atoms with van der Waals surface area (Å²) in [7, 11) is 1.99. The molecule has 2 N–H and O–H groups in total. The maximum atomic E-state index is 12.4. The summed E-state index contributed by atoms with van der Waals surface area (Å²) in [4.78, 5) is 40.8. The van der Waals surface area contributed by atoms with Gasteiger partial charge in [0.05, 0.1) is 6.54 Å². The maximum Gasteiger partial charge on any atom is 0.242 e. The van der Waals surface area contributed by atoms with Gasteiger partial charge >= 0.3 is 0 Å². The minimum atomic E-state index is -0.734. The molecule has 1 aromatic carbocycles. The number of amides is 3. The van der Waals surface area contributed by atoms with E-state index in [0.29, 0.717) is 19.5 Å². The zero-order valence-corrected chi connectivity index (χ0v) is 14.9. The lowest BCUT2D eigenvalue weighted by atomic mass is 10.1. The van der Waals surface area contributed by atoms with E-state index >= 15 is 0 Å². The second-order valence-electron chi connectivity index (χ2n) is 6.33. The van der Waals surface area contributed by atoms with Gasteiger partial charge in [-0.2, -0.15) is 0 Å². The third-order valence-corrected chi connectivity index (χ3v) is 4.55. The van der Waals surface area contributed by atoms with Gasteiger partial charge < -0.3 is 20.4 Å². The molecule has 25 heavy (non-hydrogen) atoms. The van der Waals surface area contributed by atoms with Crippen LogP contribution in [0.25, 0.3) is 0 Å². The topological polar surface area (TPSA) is 87.0 Å². The van der Waals surface area contributed by atoms with Gasteiger partial charge in [0.25, 0.3) is 0 Å². The van der Waals surface area contributed by atoms with Crippen LogP contribution in [0.3, 0.4) is 0 Å². The van der Waals surface area contributed by atoms with Crippen molar-refractivity contribution in [3.8, 4) is 0 Å². The van der Waals surface area contributed by atoms with Crippen LogP contribution in [0.2, 0.25) is 0 Å². The Bertz CT molecular complexity index is 620. The van der Waals surface area contributed by atoms with Gasteiger partial charge in [-0.05, 0) is 18.6 Å². The van der Waals surface area contributed by atoms with Crippen LogP contribution < -0.4 is 10.6 Å². The van der Waals surface area contributed by atoms with Gasteiger partial charge in [-0.15, -0.1) is 0 Å². The van der Waals surface area contributed by atoms with Gasteiger partial charge in [-0.3, -0.25) is 14.4 Å². The van der Waals surface area contributed by atoms with E-state index in [0.717, 1.165) is 18.7 Å². The molecule has 7 nitrogen and oxygen atoms in total. The highest BCUT2D eigenvalue weighted by Gasteiger charge is 2.34. The van der Waals surface area contributed by atoms with Crippen LogP contribution in [0, 0.1) is 0 Å². The van der Waals surface area contributed by atoms with E-state index < -0.39 is 11.9 Å². The second-order valence-corrected chi connectivity index (χ2v) is 6.33. The predicted molar refractivity (Wildman–Crippen MR) is 95.9 cm³/mol. The van der Waals surface area contributed by atoms with Crippen molar-refractivity contribution in [2.75, 3.05) is 38.1 Å². The number of piperazine rings is 1. The Morgan fingerprint density at radius 1 is 1.20 bits per heavy atom. The summed E-state index contributed by atoms with van der Waals surface area (Å²) in [6.07, 6.45) is 1.13. The summed E-state index contributed by atoms with van der Waals surface area (Å²) >= 11 is 0. The number of primary amides is 1. The van der Waals surface area contributed by atoms with Gasteiger partial charge in [0.2, 0.25) is 17.7 Å². The number of benzene rings is 1. The minimum Gasteiger partial charge on any atom is -0.375 e. The van der Waals surface area contributed by atoms with E-state index in [1.807, 2.05) is 37.4 Å². The summed E-state index contributed by atoms with van der Waals surface area (Å²) in [5.74, 6) is -0.771. The molecule has 0 spiro atoms. The SMILES string of the molecule is CC(=O)N1CCN(C(=O)CCCN(C)c2ccccc2)C[C@H]1C(N)=O. The summed E-state index contributed by atoms with van der Waals surface area (Å²) < 4.78 is 0. The molecule has 0 aliphatic carbocycles. The first kappa shape index (κ1) is 18.8. The molecule has 1 heterocycles. The first-order valence-corrected chi connectivity index (χ1v) is 8.50. The van der Waals surface area contributed by atoms with Gasteiger partial charge in [-0.1, -0.05) is 18.2 Å². The molecule has 1 aromatic rings. The standard InChI is InChI=1S/C18H26N4O3/c1-14(23)22-12-11-21(13-16(22)18(19)25)17(24)9-6-10-20(2)15-7-4-3-5-8-15/h3-5,7-8,16H,6,9-13H2,1-2H3,(H2,19,25)/t16-/m0/s1. The summed E-state index contributed by atoms with van der Waals surface area (Å²) in [5.41, 5.74) is 6.49. The number of nitrogens with zero attached hydrogens (tertiary/aromatic N) is 3. The minimum absolute atomic E-state index is 0.00378. The number of rotatable bonds is 6. The number of anilines is 1. The highest BCUT2D eigenvalue weighted by atomic mass is 16.2. The molecule has 1 atom stereocenters. The average Bonchev–Trinajstić information content (AvgIpc) is 2.61. The van der Waals surface area contributed by atoms with E-state index in [-0.39, 0.29) is 18.4 Å². The molecule has 1 aliphatic heterocycles. The molecule has 0 saturated carbocycles. The van der Waals surface area contributed by atoms with Gasteiger partial charge in [0, 0.05) is 45.7 Å². The fourth-order valence-electron chi connectivity index (χ4n) is 3.07. The van der Waals surface area contributed by atoms with Gasteiger partial charge in [-0.25, -0.2) is 0 Å². The lowest BCUT2D eigenvalue weighted by Crippen LogP contribution is -2.60. The van der Waals surface area contributed by atoms with Crippen LogP contribution in [-0.2, 0) is 14.4 Å². The summed E-state index contributed by atoms with van der Waals surface area (Å²) in [6, 6.07) is 9.25. The number of hydrogen-bond acceptors (Lipinski definition) is 4. The average molecular weight is 346 g/mol. The molecular formula is C18H26N4O3. The predicted octanol–water partition coefficient (Wildman–Crippen LogP) is 0.448. The Balaban J connectivity index is 1.83. The Kier molecular flexibility index (Phi) is 6.38. The molecule has 3 amide bonds. The van der Waals surface area contributed by atoms with Gasteiger partial charge in [0.15, 0.2) is 0 Å². The van der Waals surface area contributed by atoms with Crippen LogP contribution in [0.15, 0.2) is 30.3 Å². The molecule has 0 aromatic heterocycles. The Morgan fingerprint density at radius 2 is 1.88 bits per heavy atom. The van der Waals surface area contributed by atoms with Crippen LogP contribution in [0.1, 0.15) is 19.8 Å². The van der Waals surface area contributed by atoms with E-state index in [9.17, 15) is 14.4 Å². The molecule has 2 rings (SSSR count). The number of para-hydroxylation sites is 1. The number of hydrogen-bond donors (Lipinski definition) is 1. The lowest BCUT2D eigenvalue weighted by Gasteiger charge is -2.39. The van der Waals surface area contributed by atoms with Crippen molar-refractivity contribution < 1.29 is 14.4 Å². The van der Waals surface area contributed by atoms with E-state index in [4.69, 9.17) is 5.73 Å². The summed E-state index contributed by atoms with van der Waals surface area (Å²) in [6.45, 7) is 3.15. The number of carbonyl (C=O) groups is 3. The highest BCUT2D eigenvalue weighted by molar-refractivity contribution is 5.87. The normalized spacial score (nSPS) is 17.3. The second kappa shape index (κ2) is 8.50. The van der Waals surface area contributed by atoms with Crippen molar-refractivity contribution >= 4 is 23.4 Å². The van der Waals surface area contributed by atoms with Crippen LogP contribution >= 0.6 is 0 Å². The molecule has 7 heteroatoms. The number of nitrogens with two attached hydrogens (primary N) is 1. The van der Waals surface area contributed by atoms with E-state index in [1.54, 1.807) is 4.90 Å². The van der Waals surface area contributed by atoms with E-state index in [1.165, 1.54) is 11.8 Å². The molecule has 136 valence electrons. The Morgan fingerprint density at radius 3 is 2.48 bits per heavy atom. The molecule has 0 bridgehead atoms. The molecule has 1 saturated heterocycles. The van der Waals surface area contributed by atoms with E-state index in [2.05, 4.69) is 4.90 Å². The van der Waals surface area contributed by atoms with Crippen molar-refractivity contribution in [1.82, 2.24) is 9.80 Å². The fraction of sp³-hybridized carbons (Fsp3) is 0.500. The first-order chi connectivity index (χ1) is 11.9. The first-order valence-electron chi connectivity index (χ1n) is 8.50. The zero-order valence-electron chi connectivity index (χ0n) is 14.9. The van der Waals surface area contributed by atoms with Crippen molar-refractivity contribution in [3.63, 3.8) is 0 Å². The van der Waals surface area contributed by atoms with Crippen molar-refractivity contribution in [2.45, 2.75) is 25.8 Å². The zero-order chi connectivity index (χ0) is 18.4. The van der Waals surface area contributed by atoms with Crippen LogP contribution in [0.5, 0.6) is 0 Å². The Labute approximate surface area is 148 Å². The van der Waals surface area contributed by atoms with Crippen LogP contribution in [-0.4, -0.2) is 66.8 Å². The molecular weight excluding hydrogens is 320 g/mol. The molecule has 0 unspecified atom stereocenters. The third-order valence-electron chi connectivity index (χ3n) is 4.55. The van der Waals surface area contributed by atoms with Crippen molar-refractivity contribution in [3.05, 3.63) is 30.3 Å². The molecule has 1 aliphatic rings. The molecule has 1 fully saturated rings. The van der Waals surface area contributed by atoms with Crippen molar-refractivity contribution in [1.29, 1.82) is 0 Å². The highest BCUT2D eigenvalue weighted by Crippen LogP contribution is 2.14. The third kappa shape index (κ3) is 4.95. The largest absolute Gasteiger partial charge is 0.375 e. The summed E-state index contributed by atoms with van der Waals surface area (Å²) in [5, 5.41) is 0. The smallest absolute Gasteiger partial charge is 0.242 e. The molecule has 0 radical (unpaired) electrons. The quantitative estimate of drug-likeness (QED) is 0.810. The van der Waals surface area contributed by atoms with Gasteiger partial charge in [0.1, 0.15) is 6.04 Å². The van der Waals surface area contributed by atoms with Crippen LogP contribution in [0.4, 0.5) is 5.69 Å². The monoisotopic (exact) mass is 346 g/mol. The Hall–Kier alpha value is -2.57. The number of carbonyl (C=O) groups excluding carboxylic acids is 3.